The zero-order valence-corrected chi connectivity index (χ0v) is 15.1. The molecule has 6 nitrogen and oxygen atoms in total. The lowest BCUT2D eigenvalue weighted by atomic mass is 10.2. The van der Waals surface area contributed by atoms with E-state index in [1.807, 2.05) is 18.2 Å². The second-order valence-corrected chi connectivity index (χ2v) is 8.45. The van der Waals surface area contributed by atoms with Crippen molar-refractivity contribution in [3.8, 4) is 5.75 Å². The highest BCUT2D eigenvalue weighted by Crippen LogP contribution is 2.24. The molecule has 7 heteroatoms. The predicted octanol–water partition coefficient (Wildman–Crippen LogP) is 1.92. The first-order valence-electron chi connectivity index (χ1n) is 8.33. The van der Waals surface area contributed by atoms with Crippen molar-refractivity contribution in [2.75, 3.05) is 37.0 Å². The maximum absolute atomic E-state index is 12.3. The molecule has 1 heterocycles. The molecule has 134 valence electrons. The van der Waals surface area contributed by atoms with Gasteiger partial charge < -0.3 is 10.1 Å². The van der Waals surface area contributed by atoms with Crippen molar-refractivity contribution >= 4 is 21.4 Å². The lowest BCUT2D eigenvalue weighted by molar-refractivity contribution is -0.117. The number of amides is 1. The molecule has 0 aromatic heterocycles. The molecule has 1 aliphatic rings. The van der Waals surface area contributed by atoms with E-state index in [1.54, 1.807) is 18.0 Å². The van der Waals surface area contributed by atoms with Crippen molar-refractivity contribution in [3.63, 3.8) is 0 Å². The van der Waals surface area contributed by atoms with Crippen LogP contribution in [0.1, 0.15) is 26.2 Å². The quantitative estimate of drug-likeness (QED) is 0.722. The zero-order valence-electron chi connectivity index (χ0n) is 14.3. The summed E-state index contributed by atoms with van der Waals surface area (Å²) in [5, 5.41) is 2.86. The van der Waals surface area contributed by atoms with Crippen LogP contribution in [0.25, 0.3) is 0 Å². The van der Waals surface area contributed by atoms with Crippen molar-refractivity contribution in [1.82, 2.24) is 4.90 Å². The molecule has 1 aromatic carbocycles. The third-order valence-corrected chi connectivity index (χ3v) is 5.89. The molecule has 0 bridgehead atoms. The van der Waals surface area contributed by atoms with Gasteiger partial charge in [0.05, 0.1) is 30.3 Å². The van der Waals surface area contributed by atoms with Gasteiger partial charge in [0.1, 0.15) is 5.75 Å². The van der Waals surface area contributed by atoms with Gasteiger partial charge in [-0.25, -0.2) is 8.42 Å². The number of nitrogens with zero attached hydrogens (tertiary/aromatic N) is 1. The number of carbonyl (C=O) groups is 1. The number of anilines is 1. The van der Waals surface area contributed by atoms with Crippen molar-refractivity contribution in [2.24, 2.45) is 0 Å². The minimum Gasteiger partial charge on any atom is -0.491 e. The Morgan fingerprint density at radius 2 is 2.12 bits per heavy atom. The zero-order chi connectivity index (χ0) is 17.6. The summed E-state index contributed by atoms with van der Waals surface area (Å²) in [6, 6.07) is 7.26. The number of rotatable bonds is 8. The Labute approximate surface area is 144 Å². The molecule has 1 N–H and O–H groups in total. The van der Waals surface area contributed by atoms with Crippen molar-refractivity contribution in [3.05, 3.63) is 24.3 Å². The highest BCUT2D eigenvalue weighted by atomic mass is 32.2. The fraction of sp³-hybridized carbons (Fsp3) is 0.588. The number of benzene rings is 1. The van der Waals surface area contributed by atoms with Gasteiger partial charge in [0, 0.05) is 6.04 Å². The number of hydrogen-bond acceptors (Lipinski definition) is 5. The molecule has 1 aromatic rings. The molecule has 1 fully saturated rings. The number of nitrogens with one attached hydrogen (secondary N) is 1. The van der Waals surface area contributed by atoms with Crippen LogP contribution in [-0.2, 0) is 14.6 Å². The SMILES string of the molecule is CCCCOc1ccccc1NC(=O)CN(C)C1CCS(=O)(=O)C1. The second kappa shape index (κ2) is 8.48. The summed E-state index contributed by atoms with van der Waals surface area (Å²) in [7, 11) is -1.16. The van der Waals surface area contributed by atoms with Crippen molar-refractivity contribution < 1.29 is 17.9 Å². The number of unbranched alkanes of at least 4 members (excludes halogenated alkanes) is 1. The van der Waals surface area contributed by atoms with Crippen LogP contribution in [-0.4, -0.2) is 57.0 Å². The van der Waals surface area contributed by atoms with E-state index in [0.29, 0.717) is 24.5 Å². The maximum Gasteiger partial charge on any atom is 0.238 e. The van der Waals surface area contributed by atoms with E-state index < -0.39 is 9.84 Å². The molecule has 24 heavy (non-hydrogen) atoms. The van der Waals surface area contributed by atoms with Gasteiger partial charge in [-0.3, -0.25) is 9.69 Å². The first kappa shape index (κ1) is 18.7. The molecular formula is C17H26N2O4S. The van der Waals surface area contributed by atoms with Gasteiger partial charge in [-0.05, 0) is 32.0 Å². The van der Waals surface area contributed by atoms with E-state index in [9.17, 15) is 13.2 Å². The number of ether oxygens (including phenoxy) is 1. The smallest absolute Gasteiger partial charge is 0.238 e. The average molecular weight is 354 g/mol. The third kappa shape index (κ3) is 5.49. The second-order valence-electron chi connectivity index (χ2n) is 6.22. The molecule has 0 spiro atoms. The van der Waals surface area contributed by atoms with Gasteiger partial charge in [-0.1, -0.05) is 25.5 Å². The summed E-state index contributed by atoms with van der Waals surface area (Å²) >= 11 is 0. The van der Waals surface area contributed by atoms with E-state index in [2.05, 4.69) is 12.2 Å². The molecule has 1 saturated heterocycles. The van der Waals surface area contributed by atoms with Crippen molar-refractivity contribution in [1.29, 1.82) is 0 Å². The number of hydrogen-bond donors (Lipinski definition) is 1. The van der Waals surface area contributed by atoms with Crippen LogP contribution >= 0.6 is 0 Å². The van der Waals surface area contributed by atoms with Gasteiger partial charge in [0.25, 0.3) is 0 Å². The van der Waals surface area contributed by atoms with Gasteiger partial charge in [0.2, 0.25) is 5.91 Å². The van der Waals surface area contributed by atoms with E-state index in [-0.39, 0.29) is 30.0 Å². The highest BCUT2D eigenvalue weighted by molar-refractivity contribution is 7.91. The fourth-order valence-electron chi connectivity index (χ4n) is 2.69. The first-order valence-corrected chi connectivity index (χ1v) is 10.2. The molecule has 1 unspecified atom stereocenters. The first-order chi connectivity index (χ1) is 11.4. The van der Waals surface area contributed by atoms with E-state index in [1.165, 1.54) is 0 Å². The Bertz CT molecular complexity index is 660. The molecule has 0 saturated carbocycles. The van der Waals surface area contributed by atoms with Crippen LogP contribution in [0.15, 0.2) is 24.3 Å². The van der Waals surface area contributed by atoms with Gasteiger partial charge >= 0.3 is 0 Å². The lowest BCUT2D eigenvalue weighted by Crippen LogP contribution is -2.38. The van der Waals surface area contributed by atoms with E-state index in [4.69, 9.17) is 4.74 Å². The van der Waals surface area contributed by atoms with E-state index >= 15 is 0 Å². The van der Waals surface area contributed by atoms with Gasteiger partial charge in [-0.2, -0.15) is 0 Å². The molecule has 1 aliphatic heterocycles. The summed E-state index contributed by atoms with van der Waals surface area (Å²) in [5.74, 6) is 0.823. The Hall–Kier alpha value is -1.60. The number of para-hydroxylation sites is 2. The molecule has 1 atom stereocenters. The van der Waals surface area contributed by atoms with Gasteiger partial charge in [-0.15, -0.1) is 0 Å². The number of likely N-dealkylation sites (N-methyl/N-ethyl adjacent to an activating group) is 1. The highest BCUT2D eigenvalue weighted by Gasteiger charge is 2.31. The summed E-state index contributed by atoms with van der Waals surface area (Å²) in [4.78, 5) is 14.1. The number of sulfone groups is 1. The summed E-state index contributed by atoms with van der Waals surface area (Å²) in [6.45, 7) is 2.86. The van der Waals surface area contributed by atoms with Crippen LogP contribution in [0.5, 0.6) is 5.75 Å². The summed E-state index contributed by atoms with van der Waals surface area (Å²) in [6.07, 6.45) is 2.59. The minimum absolute atomic E-state index is 0.0863. The summed E-state index contributed by atoms with van der Waals surface area (Å²) in [5.41, 5.74) is 0.644. The van der Waals surface area contributed by atoms with Crippen LogP contribution < -0.4 is 10.1 Å². The molecule has 0 aliphatic carbocycles. The molecular weight excluding hydrogens is 328 g/mol. The molecule has 2 rings (SSSR count). The van der Waals surface area contributed by atoms with Gasteiger partial charge in [0.15, 0.2) is 9.84 Å². The normalized spacial score (nSPS) is 19.4. The van der Waals surface area contributed by atoms with Crippen molar-refractivity contribution in [2.45, 2.75) is 32.2 Å². The maximum atomic E-state index is 12.3. The Balaban J connectivity index is 1.90. The van der Waals surface area contributed by atoms with Crippen LogP contribution in [0.2, 0.25) is 0 Å². The Morgan fingerprint density at radius 1 is 1.38 bits per heavy atom. The van der Waals surface area contributed by atoms with Crippen LogP contribution in [0.3, 0.4) is 0 Å². The Morgan fingerprint density at radius 3 is 2.79 bits per heavy atom. The fourth-order valence-corrected chi connectivity index (χ4v) is 4.50. The Kier molecular flexibility index (Phi) is 6.62. The molecule has 0 radical (unpaired) electrons. The standard InChI is InChI=1S/C17H26N2O4S/c1-3-4-10-23-16-8-6-5-7-15(16)18-17(20)12-19(2)14-9-11-24(21,22)13-14/h5-8,14H,3-4,9-13H2,1-2H3,(H,18,20). The van der Waals surface area contributed by atoms with E-state index in [0.717, 1.165) is 12.8 Å². The minimum atomic E-state index is -2.95. The monoisotopic (exact) mass is 354 g/mol. The average Bonchev–Trinajstić information content (AvgIpc) is 2.89. The predicted molar refractivity (Wildman–Crippen MR) is 95.2 cm³/mol. The topological polar surface area (TPSA) is 75.7 Å². The lowest BCUT2D eigenvalue weighted by Gasteiger charge is -2.22. The summed E-state index contributed by atoms with van der Waals surface area (Å²) < 4.78 is 28.8. The molecule has 1 amide bonds. The van der Waals surface area contributed by atoms with Crippen LogP contribution in [0.4, 0.5) is 5.69 Å². The largest absolute Gasteiger partial charge is 0.491 e. The van der Waals surface area contributed by atoms with Crippen LogP contribution in [0, 0.1) is 0 Å². The third-order valence-electron chi connectivity index (χ3n) is 4.14. The number of carbonyl (C=O) groups excluding carboxylic acids is 1.